The summed E-state index contributed by atoms with van der Waals surface area (Å²) in [7, 11) is 0. The number of ether oxygens (including phenoxy) is 1. The first-order chi connectivity index (χ1) is 16.8. The number of anilines is 1. The number of carbonyl (C=O) groups is 3. The lowest BCUT2D eigenvalue weighted by molar-refractivity contribution is -0.174. The molecule has 2 heterocycles. The highest BCUT2D eigenvalue weighted by Crippen LogP contribution is 2.34. The molecule has 0 bridgehead atoms. The minimum atomic E-state index is -1.04. The zero-order valence-corrected chi connectivity index (χ0v) is 20.1. The molecule has 35 heavy (non-hydrogen) atoms. The van der Waals surface area contributed by atoms with Gasteiger partial charge < -0.3 is 19.6 Å². The van der Waals surface area contributed by atoms with E-state index in [4.69, 9.17) is 4.74 Å². The molecule has 0 spiro atoms. The Morgan fingerprint density at radius 1 is 1.06 bits per heavy atom. The van der Waals surface area contributed by atoms with E-state index >= 15 is 0 Å². The van der Waals surface area contributed by atoms with Crippen molar-refractivity contribution in [3.05, 3.63) is 66.2 Å². The van der Waals surface area contributed by atoms with E-state index in [1.807, 2.05) is 41.3 Å². The van der Waals surface area contributed by atoms with Crippen molar-refractivity contribution in [3.8, 4) is 0 Å². The van der Waals surface area contributed by atoms with Gasteiger partial charge in [0.25, 0.3) is 0 Å². The van der Waals surface area contributed by atoms with Gasteiger partial charge >= 0.3 is 5.97 Å². The Morgan fingerprint density at radius 2 is 1.69 bits per heavy atom. The number of nitrogens with zero attached hydrogens (tertiary/aromatic N) is 3. The van der Waals surface area contributed by atoms with Crippen molar-refractivity contribution >= 4 is 23.5 Å². The SMILES string of the molecule is C[C@]1(C2CCN(CC(=O)N(CC(=O)O)c3ccccc3)CC2)CN(Cc2ccccc2)C(=O)CO1. The number of likely N-dealkylation sites (tertiary alicyclic amines) is 1. The molecule has 2 aromatic carbocycles. The second-order valence-electron chi connectivity index (χ2n) is 9.60. The second kappa shape index (κ2) is 11.0. The number of hydrogen-bond donors (Lipinski definition) is 1. The lowest BCUT2D eigenvalue weighted by Gasteiger charge is -2.47. The largest absolute Gasteiger partial charge is 0.480 e. The van der Waals surface area contributed by atoms with Crippen LogP contribution in [0, 0.1) is 5.92 Å². The molecule has 4 rings (SSSR count). The molecule has 2 amide bonds. The van der Waals surface area contributed by atoms with Crippen LogP contribution in [-0.4, -0.2) is 77.6 Å². The fourth-order valence-corrected chi connectivity index (χ4v) is 5.07. The summed E-state index contributed by atoms with van der Waals surface area (Å²) in [5.41, 5.74) is 1.25. The molecule has 2 saturated heterocycles. The second-order valence-corrected chi connectivity index (χ2v) is 9.60. The highest BCUT2D eigenvalue weighted by atomic mass is 16.5. The summed E-state index contributed by atoms with van der Waals surface area (Å²) in [4.78, 5) is 42.1. The highest BCUT2D eigenvalue weighted by Gasteiger charge is 2.43. The van der Waals surface area contributed by atoms with Crippen LogP contribution in [0.1, 0.15) is 25.3 Å². The van der Waals surface area contributed by atoms with Crippen LogP contribution in [-0.2, 0) is 25.7 Å². The van der Waals surface area contributed by atoms with E-state index in [1.54, 1.807) is 24.3 Å². The minimum absolute atomic E-state index is 0.00814. The Morgan fingerprint density at radius 3 is 2.31 bits per heavy atom. The molecule has 2 aliphatic rings. The lowest BCUT2D eigenvalue weighted by atomic mass is 9.80. The smallest absolute Gasteiger partial charge is 0.323 e. The first kappa shape index (κ1) is 24.9. The summed E-state index contributed by atoms with van der Waals surface area (Å²) in [6.45, 7) is 4.54. The fourth-order valence-electron chi connectivity index (χ4n) is 5.07. The van der Waals surface area contributed by atoms with Gasteiger partial charge in [-0.3, -0.25) is 19.3 Å². The van der Waals surface area contributed by atoms with Gasteiger partial charge in [0.15, 0.2) is 0 Å². The first-order valence-electron chi connectivity index (χ1n) is 12.1. The molecule has 2 aromatic rings. The van der Waals surface area contributed by atoms with Crippen LogP contribution in [0.25, 0.3) is 0 Å². The number of piperidine rings is 1. The number of benzene rings is 2. The number of aliphatic carboxylic acids is 1. The molecular formula is C27H33N3O5. The normalized spacial score (nSPS) is 21.6. The number of carboxylic acid groups (broad SMARTS) is 1. The molecule has 2 aliphatic heterocycles. The van der Waals surface area contributed by atoms with Crippen molar-refractivity contribution in [1.29, 1.82) is 0 Å². The van der Waals surface area contributed by atoms with Gasteiger partial charge in [-0.15, -0.1) is 0 Å². The van der Waals surface area contributed by atoms with Gasteiger partial charge in [-0.2, -0.15) is 0 Å². The molecule has 0 unspecified atom stereocenters. The van der Waals surface area contributed by atoms with Crippen LogP contribution < -0.4 is 4.90 Å². The van der Waals surface area contributed by atoms with Crippen molar-refractivity contribution in [3.63, 3.8) is 0 Å². The van der Waals surface area contributed by atoms with Gasteiger partial charge in [0, 0.05) is 12.2 Å². The minimum Gasteiger partial charge on any atom is -0.480 e. The standard InChI is InChI=1S/C27H33N3O5/c1-27(20-29(25(32)19-35-27)16-21-8-4-2-5-9-21)22-12-14-28(15-13-22)17-24(31)30(18-26(33)34)23-10-6-3-7-11-23/h2-11,22H,12-20H2,1H3,(H,33,34)/t27-/m1/s1. The average molecular weight is 480 g/mol. The van der Waals surface area contributed by atoms with Crippen LogP contribution in [0.5, 0.6) is 0 Å². The molecule has 0 aliphatic carbocycles. The molecule has 0 saturated carbocycles. The molecule has 1 atom stereocenters. The molecular weight excluding hydrogens is 446 g/mol. The number of rotatable bonds is 8. The predicted octanol–water partition coefficient (Wildman–Crippen LogP) is 2.63. The van der Waals surface area contributed by atoms with E-state index in [0.29, 0.717) is 18.8 Å². The molecule has 8 nitrogen and oxygen atoms in total. The van der Waals surface area contributed by atoms with Crippen LogP contribution in [0.3, 0.4) is 0 Å². The summed E-state index contributed by atoms with van der Waals surface area (Å²) in [5, 5.41) is 9.29. The molecule has 0 aromatic heterocycles. The Labute approximate surface area is 206 Å². The maximum Gasteiger partial charge on any atom is 0.323 e. The van der Waals surface area contributed by atoms with Crippen LogP contribution in [0.15, 0.2) is 60.7 Å². The zero-order valence-electron chi connectivity index (χ0n) is 20.1. The number of carboxylic acids is 1. The van der Waals surface area contributed by atoms with E-state index in [-0.39, 0.29) is 37.4 Å². The van der Waals surface area contributed by atoms with Crippen molar-refractivity contribution in [1.82, 2.24) is 9.80 Å². The quantitative estimate of drug-likeness (QED) is 0.626. The average Bonchev–Trinajstić information content (AvgIpc) is 2.86. The Kier molecular flexibility index (Phi) is 7.83. The van der Waals surface area contributed by atoms with E-state index < -0.39 is 11.6 Å². The monoisotopic (exact) mass is 479 g/mol. The van der Waals surface area contributed by atoms with Crippen LogP contribution in [0.2, 0.25) is 0 Å². The number of hydrogen-bond acceptors (Lipinski definition) is 5. The lowest BCUT2D eigenvalue weighted by Crippen LogP contribution is -2.58. The third kappa shape index (κ3) is 6.26. The summed E-state index contributed by atoms with van der Waals surface area (Å²) >= 11 is 0. The number of carbonyl (C=O) groups excluding carboxylic acids is 2. The number of amides is 2. The maximum atomic E-state index is 13.0. The third-order valence-electron chi connectivity index (χ3n) is 7.07. The van der Waals surface area contributed by atoms with Crippen molar-refractivity contribution in [2.45, 2.75) is 31.9 Å². The van der Waals surface area contributed by atoms with E-state index in [9.17, 15) is 19.5 Å². The molecule has 1 N–H and O–H groups in total. The number of morpholine rings is 1. The van der Waals surface area contributed by atoms with Gasteiger partial charge in [-0.25, -0.2) is 0 Å². The first-order valence-corrected chi connectivity index (χ1v) is 12.1. The van der Waals surface area contributed by atoms with E-state index in [1.165, 1.54) is 4.90 Å². The zero-order chi connectivity index (χ0) is 24.8. The highest BCUT2D eigenvalue weighted by molar-refractivity contribution is 5.98. The molecule has 186 valence electrons. The van der Waals surface area contributed by atoms with Gasteiger partial charge in [0.05, 0.1) is 18.7 Å². The van der Waals surface area contributed by atoms with Crippen molar-refractivity contribution in [2.24, 2.45) is 5.92 Å². The van der Waals surface area contributed by atoms with Crippen molar-refractivity contribution < 1.29 is 24.2 Å². The summed E-state index contributed by atoms with van der Waals surface area (Å²) < 4.78 is 6.09. The number of para-hydroxylation sites is 1. The van der Waals surface area contributed by atoms with E-state index in [2.05, 4.69) is 11.8 Å². The predicted molar refractivity (Wildman–Crippen MR) is 132 cm³/mol. The van der Waals surface area contributed by atoms with Gasteiger partial charge in [0.2, 0.25) is 11.8 Å². The van der Waals surface area contributed by atoms with Crippen LogP contribution >= 0.6 is 0 Å². The summed E-state index contributed by atoms with van der Waals surface area (Å²) in [6, 6.07) is 18.9. The maximum absolute atomic E-state index is 13.0. The Bertz CT molecular complexity index is 1020. The van der Waals surface area contributed by atoms with Crippen LogP contribution in [0.4, 0.5) is 5.69 Å². The Hall–Kier alpha value is -3.23. The molecule has 0 radical (unpaired) electrons. The summed E-state index contributed by atoms with van der Waals surface area (Å²) in [5.74, 6) is -0.993. The third-order valence-corrected chi connectivity index (χ3v) is 7.07. The molecule has 2 fully saturated rings. The van der Waals surface area contributed by atoms with Crippen molar-refractivity contribution in [2.75, 3.05) is 44.2 Å². The topological polar surface area (TPSA) is 90.4 Å². The van der Waals surface area contributed by atoms with Gasteiger partial charge in [-0.1, -0.05) is 48.5 Å². The summed E-state index contributed by atoms with van der Waals surface area (Å²) in [6.07, 6.45) is 1.70. The van der Waals surface area contributed by atoms with Gasteiger partial charge in [-0.05, 0) is 56.5 Å². The fraction of sp³-hybridized carbons (Fsp3) is 0.444. The Balaban J connectivity index is 1.34. The molecule has 8 heteroatoms. The van der Waals surface area contributed by atoms with Gasteiger partial charge in [0.1, 0.15) is 13.2 Å². The van der Waals surface area contributed by atoms with E-state index in [0.717, 1.165) is 31.5 Å².